The normalized spacial score (nSPS) is 10.9. The van der Waals surface area contributed by atoms with Crippen LogP contribution in [0.4, 0.5) is 4.39 Å². The number of aromatic nitrogens is 1. The second kappa shape index (κ2) is 4.08. The summed E-state index contributed by atoms with van der Waals surface area (Å²) in [5.74, 6) is 0.0215. The van der Waals surface area contributed by atoms with E-state index in [1.807, 2.05) is 25.1 Å². The van der Waals surface area contributed by atoms with Gasteiger partial charge in [-0.25, -0.2) is 4.39 Å². The lowest BCUT2D eigenvalue weighted by Crippen LogP contribution is -1.97. The predicted octanol–water partition coefficient (Wildman–Crippen LogP) is 3.12. The monoisotopic (exact) mass is 219 g/mol. The van der Waals surface area contributed by atoms with Gasteiger partial charge in [0.15, 0.2) is 5.78 Å². The minimum atomic E-state index is -0.422. The van der Waals surface area contributed by atoms with Gasteiger partial charge in [-0.3, -0.25) is 4.79 Å². The molecule has 0 unspecified atom stereocenters. The molecule has 0 atom stereocenters. The second-order valence-corrected chi connectivity index (χ2v) is 4.00. The molecule has 0 aliphatic heterocycles. The predicted molar refractivity (Wildman–Crippen MR) is 62.7 cm³/mol. The van der Waals surface area contributed by atoms with Gasteiger partial charge in [0.05, 0.1) is 6.54 Å². The molecule has 1 aromatic heterocycles. The maximum atomic E-state index is 12.4. The number of ketones is 1. The molecule has 0 saturated heterocycles. The van der Waals surface area contributed by atoms with Crippen LogP contribution in [0, 0.1) is 6.92 Å². The summed E-state index contributed by atoms with van der Waals surface area (Å²) in [4.78, 5) is 11.5. The van der Waals surface area contributed by atoms with E-state index in [1.165, 1.54) is 6.92 Å². The van der Waals surface area contributed by atoms with Gasteiger partial charge in [-0.1, -0.05) is 11.6 Å². The average Bonchev–Trinajstić information content (AvgIpc) is 2.57. The minimum Gasteiger partial charge on any atom is -0.344 e. The molecule has 0 N–H and O–H groups in total. The first-order valence-electron chi connectivity index (χ1n) is 5.30. The van der Waals surface area contributed by atoms with Crippen molar-refractivity contribution in [1.29, 1.82) is 0 Å². The molecule has 2 rings (SSSR count). The molecule has 1 heterocycles. The van der Waals surface area contributed by atoms with Crippen molar-refractivity contribution in [3.8, 4) is 0 Å². The quantitative estimate of drug-likeness (QED) is 0.727. The summed E-state index contributed by atoms with van der Waals surface area (Å²) < 4.78 is 14.2. The molecule has 0 saturated carbocycles. The number of hydrogen-bond donors (Lipinski definition) is 0. The summed E-state index contributed by atoms with van der Waals surface area (Å²) >= 11 is 0. The molecule has 84 valence electrons. The Balaban J connectivity index is 2.71. The van der Waals surface area contributed by atoms with E-state index in [4.69, 9.17) is 0 Å². The first-order valence-corrected chi connectivity index (χ1v) is 5.30. The fraction of sp³-hybridized carbons (Fsp3) is 0.308. The van der Waals surface area contributed by atoms with Crippen molar-refractivity contribution in [2.75, 3.05) is 6.67 Å². The maximum absolute atomic E-state index is 12.4. The third-order valence-corrected chi connectivity index (χ3v) is 2.74. The maximum Gasteiger partial charge on any atom is 0.161 e. The summed E-state index contributed by atoms with van der Waals surface area (Å²) in [5, 5.41) is 0.918. The van der Waals surface area contributed by atoms with Crippen LogP contribution >= 0.6 is 0 Å². The lowest BCUT2D eigenvalue weighted by molar-refractivity contribution is 0.101. The topological polar surface area (TPSA) is 22.0 Å². The van der Waals surface area contributed by atoms with Gasteiger partial charge in [-0.05, 0) is 26.0 Å². The van der Waals surface area contributed by atoms with Crippen molar-refractivity contribution in [2.45, 2.75) is 20.4 Å². The zero-order valence-electron chi connectivity index (χ0n) is 9.46. The van der Waals surface area contributed by atoms with E-state index in [-0.39, 0.29) is 5.78 Å². The summed E-state index contributed by atoms with van der Waals surface area (Å²) in [7, 11) is 0. The number of carbonyl (C=O) groups excluding carboxylic acids is 1. The number of rotatable bonds is 3. The number of Topliss-reactive ketones (excluding diaryl/α,β-unsaturated/α-hetero) is 1. The molecule has 0 fully saturated rings. The fourth-order valence-corrected chi connectivity index (χ4v) is 1.97. The Labute approximate surface area is 93.7 Å². The van der Waals surface area contributed by atoms with Crippen LogP contribution in [-0.4, -0.2) is 17.0 Å². The van der Waals surface area contributed by atoms with Crippen LogP contribution in [-0.2, 0) is 6.54 Å². The largest absolute Gasteiger partial charge is 0.344 e. The van der Waals surface area contributed by atoms with Crippen molar-refractivity contribution >= 4 is 16.7 Å². The number of halogens is 1. The molecule has 0 amide bonds. The van der Waals surface area contributed by atoms with Crippen LogP contribution in [0.1, 0.15) is 22.8 Å². The molecule has 2 nitrogen and oxygen atoms in total. The highest BCUT2D eigenvalue weighted by molar-refractivity contribution is 6.07. The first-order chi connectivity index (χ1) is 7.63. The van der Waals surface area contributed by atoms with E-state index in [0.29, 0.717) is 12.1 Å². The minimum absolute atomic E-state index is 0.0215. The van der Waals surface area contributed by atoms with E-state index in [9.17, 15) is 9.18 Å². The van der Waals surface area contributed by atoms with Crippen molar-refractivity contribution < 1.29 is 9.18 Å². The molecule has 0 aliphatic carbocycles. The second-order valence-electron chi connectivity index (χ2n) is 4.00. The number of carbonyl (C=O) groups is 1. The highest BCUT2D eigenvalue weighted by atomic mass is 19.1. The van der Waals surface area contributed by atoms with E-state index >= 15 is 0 Å². The molecule has 0 radical (unpaired) electrons. The van der Waals surface area contributed by atoms with Gasteiger partial charge in [0.2, 0.25) is 0 Å². The number of fused-ring (bicyclic) bond motifs is 1. The lowest BCUT2D eigenvalue weighted by atomic mass is 10.1. The lowest BCUT2D eigenvalue weighted by Gasteiger charge is -2.01. The van der Waals surface area contributed by atoms with Crippen molar-refractivity contribution in [3.05, 3.63) is 35.5 Å². The van der Waals surface area contributed by atoms with Crippen molar-refractivity contribution in [1.82, 2.24) is 4.57 Å². The van der Waals surface area contributed by atoms with E-state index in [2.05, 4.69) is 0 Å². The van der Waals surface area contributed by atoms with Gasteiger partial charge in [0, 0.05) is 22.7 Å². The van der Waals surface area contributed by atoms with Gasteiger partial charge in [-0.15, -0.1) is 0 Å². The molecule has 2 aromatic rings. The number of hydrogen-bond acceptors (Lipinski definition) is 1. The molecular weight excluding hydrogens is 205 g/mol. The Morgan fingerprint density at radius 3 is 2.81 bits per heavy atom. The van der Waals surface area contributed by atoms with E-state index in [0.717, 1.165) is 16.5 Å². The molecular formula is C13H14FNO. The highest BCUT2D eigenvalue weighted by Gasteiger charge is 2.11. The average molecular weight is 219 g/mol. The fourth-order valence-electron chi connectivity index (χ4n) is 1.97. The van der Waals surface area contributed by atoms with E-state index < -0.39 is 6.67 Å². The molecule has 16 heavy (non-hydrogen) atoms. The van der Waals surface area contributed by atoms with Crippen LogP contribution in [0.15, 0.2) is 24.4 Å². The van der Waals surface area contributed by atoms with Crippen LogP contribution in [0.5, 0.6) is 0 Å². The van der Waals surface area contributed by atoms with Crippen LogP contribution in [0.25, 0.3) is 10.9 Å². The highest BCUT2D eigenvalue weighted by Crippen LogP contribution is 2.23. The Morgan fingerprint density at radius 1 is 1.44 bits per heavy atom. The Hall–Kier alpha value is -1.64. The summed E-state index contributed by atoms with van der Waals surface area (Å²) in [6.45, 7) is 3.40. The third kappa shape index (κ3) is 1.73. The molecule has 0 bridgehead atoms. The van der Waals surface area contributed by atoms with Crippen LogP contribution < -0.4 is 0 Å². The first kappa shape index (κ1) is 10.9. The molecule has 0 spiro atoms. The summed E-state index contributed by atoms with van der Waals surface area (Å²) in [5.41, 5.74) is 2.70. The Morgan fingerprint density at radius 2 is 2.19 bits per heavy atom. The van der Waals surface area contributed by atoms with Gasteiger partial charge < -0.3 is 4.57 Å². The smallest absolute Gasteiger partial charge is 0.161 e. The molecule has 0 aliphatic rings. The molecule has 1 aromatic carbocycles. The Bertz CT molecular complexity index is 542. The van der Waals surface area contributed by atoms with Crippen LogP contribution in [0.3, 0.4) is 0 Å². The number of alkyl halides is 1. The zero-order chi connectivity index (χ0) is 11.7. The third-order valence-electron chi connectivity index (χ3n) is 2.74. The number of benzene rings is 1. The molecule has 3 heteroatoms. The number of aryl methyl sites for hydroxylation is 2. The standard InChI is InChI=1S/C13H14FNO/c1-9-3-4-13-11(7-9)12(10(2)16)8-15(13)6-5-14/h3-4,7-8H,5-6H2,1-2H3. The number of nitrogens with zero attached hydrogens (tertiary/aromatic N) is 1. The van der Waals surface area contributed by atoms with Crippen molar-refractivity contribution in [3.63, 3.8) is 0 Å². The van der Waals surface area contributed by atoms with Gasteiger partial charge in [0.1, 0.15) is 6.67 Å². The van der Waals surface area contributed by atoms with Gasteiger partial charge in [0.25, 0.3) is 0 Å². The van der Waals surface area contributed by atoms with Crippen LogP contribution in [0.2, 0.25) is 0 Å². The van der Waals surface area contributed by atoms with Gasteiger partial charge >= 0.3 is 0 Å². The van der Waals surface area contributed by atoms with Gasteiger partial charge in [-0.2, -0.15) is 0 Å². The Kier molecular flexibility index (Phi) is 2.77. The van der Waals surface area contributed by atoms with Crippen molar-refractivity contribution in [2.24, 2.45) is 0 Å². The summed E-state index contributed by atoms with van der Waals surface area (Å²) in [6, 6.07) is 5.88. The SMILES string of the molecule is CC(=O)c1cn(CCF)c2ccc(C)cc12. The van der Waals surface area contributed by atoms with E-state index in [1.54, 1.807) is 10.8 Å². The zero-order valence-corrected chi connectivity index (χ0v) is 9.46. The summed E-state index contributed by atoms with van der Waals surface area (Å²) in [6.07, 6.45) is 1.74.